The van der Waals surface area contributed by atoms with E-state index in [2.05, 4.69) is 51.1 Å². The number of amides is 1. The van der Waals surface area contributed by atoms with E-state index in [1.807, 2.05) is 0 Å². The molecule has 126 valence electrons. The van der Waals surface area contributed by atoms with Crippen molar-refractivity contribution in [2.24, 2.45) is 28.9 Å². The van der Waals surface area contributed by atoms with Crippen molar-refractivity contribution in [2.45, 2.75) is 64.7 Å². The molecule has 0 spiro atoms. The summed E-state index contributed by atoms with van der Waals surface area (Å²) >= 11 is 0. The Morgan fingerprint density at radius 2 is 1.96 bits per heavy atom. The highest BCUT2D eigenvalue weighted by molar-refractivity contribution is 5.80. The van der Waals surface area contributed by atoms with Crippen LogP contribution in [0.5, 0.6) is 0 Å². The van der Waals surface area contributed by atoms with E-state index in [4.69, 9.17) is 5.73 Å². The number of carbonyl (C=O) groups excluding carboxylic acids is 1. The van der Waals surface area contributed by atoms with Gasteiger partial charge < -0.3 is 5.73 Å². The van der Waals surface area contributed by atoms with Crippen molar-refractivity contribution >= 4 is 5.91 Å². The maximum atomic E-state index is 12.2. The number of nitrogens with two attached hydrogens (primary N) is 1. The highest BCUT2D eigenvalue weighted by Crippen LogP contribution is 2.58. The zero-order chi connectivity index (χ0) is 16.7. The molecule has 1 aromatic rings. The van der Waals surface area contributed by atoms with Gasteiger partial charge in [0.2, 0.25) is 5.91 Å². The topological polar surface area (TPSA) is 43.1 Å². The van der Waals surface area contributed by atoms with Gasteiger partial charge in [0.1, 0.15) is 0 Å². The van der Waals surface area contributed by atoms with E-state index in [9.17, 15) is 4.79 Å². The Hall–Kier alpha value is -1.31. The molecule has 0 heterocycles. The van der Waals surface area contributed by atoms with Gasteiger partial charge in [0.05, 0.1) is 0 Å². The number of rotatable bonds is 4. The van der Waals surface area contributed by atoms with Crippen LogP contribution >= 0.6 is 0 Å². The van der Waals surface area contributed by atoms with Gasteiger partial charge in [-0.3, -0.25) is 4.79 Å². The van der Waals surface area contributed by atoms with Crippen LogP contribution in [0.3, 0.4) is 0 Å². The van der Waals surface area contributed by atoms with Gasteiger partial charge in [0, 0.05) is 5.41 Å². The zero-order valence-corrected chi connectivity index (χ0v) is 14.8. The third-order valence-electron chi connectivity index (χ3n) is 6.51. The first-order chi connectivity index (χ1) is 10.8. The molecule has 2 bridgehead atoms. The number of carbonyl (C=O) groups is 1. The minimum atomic E-state index is -0.353. The van der Waals surface area contributed by atoms with Crippen molar-refractivity contribution in [1.29, 1.82) is 0 Å². The molecule has 2 aliphatic rings. The highest BCUT2D eigenvalue weighted by atomic mass is 16.1. The summed E-state index contributed by atoms with van der Waals surface area (Å²) in [6, 6.07) is 10.9. The van der Waals surface area contributed by atoms with Crippen molar-refractivity contribution in [2.75, 3.05) is 0 Å². The average Bonchev–Trinajstić information content (AvgIpc) is 2.50. The molecule has 4 atom stereocenters. The Morgan fingerprint density at radius 3 is 2.57 bits per heavy atom. The fourth-order valence-corrected chi connectivity index (χ4v) is 5.52. The van der Waals surface area contributed by atoms with E-state index >= 15 is 0 Å². The number of benzene rings is 1. The monoisotopic (exact) mass is 313 g/mol. The Bertz CT molecular complexity index is 566. The molecule has 2 nitrogen and oxygen atoms in total. The lowest BCUT2D eigenvalue weighted by Crippen LogP contribution is -2.52. The van der Waals surface area contributed by atoms with Gasteiger partial charge in [-0.2, -0.15) is 0 Å². The third-order valence-corrected chi connectivity index (χ3v) is 6.51. The zero-order valence-electron chi connectivity index (χ0n) is 14.8. The number of hydrogen-bond acceptors (Lipinski definition) is 1. The van der Waals surface area contributed by atoms with Crippen LogP contribution in [0, 0.1) is 23.2 Å². The summed E-state index contributed by atoms with van der Waals surface area (Å²) in [4.78, 5) is 12.2. The second-order valence-corrected chi connectivity index (χ2v) is 8.84. The molecule has 4 unspecified atom stereocenters. The van der Waals surface area contributed by atoms with E-state index in [0.29, 0.717) is 5.92 Å². The molecule has 2 aliphatic carbocycles. The summed E-state index contributed by atoms with van der Waals surface area (Å²) in [5.74, 6) is 2.02. The van der Waals surface area contributed by atoms with Gasteiger partial charge in [-0.05, 0) is 67.3 Å². The third kappa shape index (κ3) is 3.05. The first-order valence-electron chi connectivity index (χ1n) is 9.20. The summed E-state index contributed by atoms with van der Waals surface area (Å²) in [7, 11) is 0. The summed E-state index contributed by atoms with van der Waals surface area (Å²) in [5, 5.41) is 0. The number of hydrogen-bond donors (Lipinski definition) is 1. The maximum absolute atomic E-state index is 12.2. The summed E-state index contributed by atoms with van der Waals surface area (Å²) in [6.45, 7) is 6.74. The normalized spacial score (nSPS) is 36.9. The van der Waals surface area contributed by atoms with Crippen LogP contribution < -0.4 is 5.73 Å². The first-order valence-corrected chi connectivity index (χ1v) is 9.20. The Kier molecular flexibility index (Phi) is 4.29. The highest BCUT2D eigenvalue weighted by Gasteiger charge is 2.53. The molecule has 1 aromatic carbocycles. The van der Waals surface area contributed by atoms with E-state index in [0.717, 1.165) is 24.7 Å². The first kappa shape index (κ1) is 16.5. The maximum Gasteiger partial charge on any atom is 0.223 e. The Balaban J connectivity index is 1.96. The predicted molar refractivity (Wildman–Crippen MR) is 94.9 cm³/mol. The van der Waals surface area contributed by atoms with Crippen molar-refractivity contribution in [3.8, 4) is 0 Å². The lowest BCUT2D eigenvalue weighted by atomic mass is 9.49. The standard InChI is InChI=1S/C21H31NO/c1-15(2)11-16-9-10-21(18-7-5-4-6-8-18)13-17(16)12-20(3,14-21)19(22)23/h4-8,15-17H,9-14H2,1-3H3,(H2,22,23). The average molecular weight is 313 g/mol. The minimum absolute atomic E-state index is 0.104. The molecule has 3 rings (SSSR count). The molecule has 2 N–H and O–H groups in total. The largest absolute Gasteiger partial charge is 0.369 e. The molecule has 23 heavy (non-hydrogen) atoms. The lowest BCUT2D eigenvalue weighted by molar-refractivity contribution is -0.133. The van der Waals surface area contributed by atoms with E-state index in [1.54, 1.807) is 0 Å². The van der Waals surface area contributed by atoms with Crippen LogP contribution in [0.1, 0.15) is 64.9 Å². The molecule has 2 heteroatoms. The fourth-order valence-electron chi connectivity index (χ4n) is 5.52. The van der Waals surface area contributed by atoms with E-state index in [-0.39, 0.29) is 16.7 Å². The molecular weight excluding hydrogens is 282 g/mol. The van der Waals surface area contributed by atoms with Gasteiger partial charge in [0.25, 0.3) is 0 Å². The van der Waals surface area contributed by atoms with Crippen LogP contribution in [-0.2, 0) is 10.2 Å². The predicted octanol–water partition coefficient (Wildman–Crippen LogP) is 4.67. The molecular formula is C21H31NO. The van der Waals surface area contributed by atoms with Crippen molar-refractivity contribution in [1.82, 2.24) is 0 Å². The Labute approximate surface area is 140 Å². The van der Waals surface area contributed by atoms with Crippen molar-refractivity contribution < 1.29 is 4.79 Å². The summed E-state index contributed by atoms with van der Waals surface area (Å²) < 4.78 is 0. The van der Waals surface area contributed by atoms with Gasteiger partial charge in [-0.15, -0.1) is 0 Å². The minimum Gasteiger partial charge on any atom is -0.369 e. The van der Waals surface area contributed by atoms with Crippen molar-refractivity contribution in [3.05, 3.63) is 35.9 Å². The van der Waals surface area contributed by atoms with Gasteiger partial charge >= 0.3 is 0 Å². The quantitative estimate of drug-likeness (QED) is 0.862. The van der Waals surface area contributed by atoms with E-state index in [1.165, 1.54) is 31.2 Å². The smallest absolute Gasteiger partial charge is 0.223 e. The lowest BCUT2D eigenvalue weighted by Gasteiger charge is -2.55. The molecule has 2 saturated carbocycles. The summed E-state index contributed by atoms with van der Waals surface area (Å²) in [5.41, 5.74) is 7.07. The van der Waals surface area contributed by atoms with Crippen LogP contribution in [0.15, 0.2) is 30.3 Å². The van der Waals surface area contributed by atoms with Crippen LogP contribution in [0.4, 0.5) is 0 Å². The van der Waals surface area contributed by atoms with Gasteiger partial charge in [-0.1, -0.05) is 51.1 Å². The van der Waals surface area contributed by atoms with E-state index < -0.39 is 0 Å². The van der Waals surface area contributed by atoms with Crippen LogP contribution in [0.2, 0.25) is 0 Å². The number of fused-ring (bicyclic) bond motifs is 2. The second kappa shape index (κ2) is 5.96. The van der Waals surface area contributed by atoms with Gasteiger partial charge in [0.15, 0.2) is 0 Å². The number of primary amides is 1. The molecule has 0 aliphatic heterocycles. The Morgan fingerprint density at radius 1 is 1.26 bits per heavy atom. The van der Waals surface area contributed by atoms with Crippen LogP contribution in [0.25, 0.3) is 0 Å². The summed E-state index contributed by atoms with van der Waals surface area (Å²) in [6.07, 6.45) is 6.92. The molecule has 2 fully saturated rings. The molecule has 0 radical (unpaired) electrons. The SMILES string of the molecule is CC(C)CC1CCC2(c3ccccc3)CC1CC(C)(C(N)=O)C2. The van der Waals surface area contributed by atoms with Gasteiger partial charge in [-0.25, -0.2) is 0 Å². The molecule has 0 saturated heterocycles. The van der Waals surface area contributed by atoms with Crippen molar-refractivity contribution in [3.63, 3.8) is 0 Å². The molecule has 0 aromatic heterocycles. The fraction of sp³-hybridized carbons (Fsp3) is 0.667. The molecule has 1 amide bonds. The van der Waals surface area contributed by atoms with Crippen LogP contribution in [-0.4, -0.2) is 5.91 Å². The second-order valence-electron chi connectivity index (χ2n) is 8.84.